The molecular weight excluding hydrogens is 252 g/mol. The van der Waals surface area contributed by atoms with Crippen molar-refractivity contribution in [2.45, 2.75) is 49.8 Å². The lowest BCUT2D eigenvalue weighted by atomic mass is 10.2. The van der Waals surface area contributed by atoms with Crippen LogP contribution in [0.15, 0.2) is 23.1 Å². The van der Waals surface area contributed by atoms with Crippen LogP contribution in [0.3, 0.4) is 0 Å². The lowest BCUT2D eigenvalue weighted by Gasteiger charge is -2.17. The second-order valence-electron chi connectivity index (χ2n) is 4.60. The molecule has 18 heavy (non-hydrogen) atoms. The van der Waals surface area contributed by atoms with Crippen molar-refractivity contribution in [3.8, 4) is 0 Å². The number of halogens is 2. The molecule has 0 saturated heterocycles. The molecule has 1 aromatic rings. The first-order chi connectivity index (χ1) is 8.52. The Bertz CT molecular complexity index is 371. The molecular formula is C14H21F2NS. The molecule has 0 fully saturated rings. The van der Waals surface area contributed by atoms with Crippen LogP contribution >= 0.6 is 11.8 Å². The van der Waals surface area contributed by atoms with E-state index in [-0.39, 0.29) is 11.1 Å². The largest absolute Gasteiger partial charge is 0.313 e. The quantitative estimate of drug-likeness (QED) is 0.746. The lowest BCUT2D eigenvalue weighted by molar-refractivity contribution is 0.511. The van der Waals surface area contributed by atoms with Crippen LogP contribution in [0.1, 0.15) is 33.6 Å². The van der Waals surface area contributed by atoms with Gasteiger partial charge in [-0.25, -0.2) is 8.78 Å². The van der Waals surface area contributed by atoms with E-state index in [2.05, 4.69) is 19.2 Å². The van der Waals surface area contributed by atoms with Gasteiger partial charge in [0, 0.05) is 22.7 Å². The molecule has 4 heteroatoms. The molecule has 102 valence electrons. The first kappa shape index (κ1) is 15.4. The Balaban J connectivity index is 2.44. The SMILES string of the molecule is CCCC(C)NCC(C)Sc1cc(F)ccc1F. The molecule has 0 amide bonds. The van der Waals surface area contributed by atoms with Gasteiger partial charge < -0.3 is 5.32 Å². The molecule has 1 aromatic carbocycles. The minimum Gasteiger partial charge on any atom is -0.313 e. The predicted molar refractivity (Wildman–Crippen MR) is 74.0 cm³/mol. The van der Waals surface area contributed by atoms with E-state index in [0.29, 0.717) is 10.9 Å². The smallest absolute Gasteiger partial charge is 0.136 e. The Morgan fingerprint density at radius 2 is 2.00 bits per heavy atom. The summed E-state index contributed by atoms with van der Waals surface area (Å²) in [6.07, 6.45) is 2.28. The second kappa shape index (κ2) is 7.74. The Morgan fingerprint density at radius 3 is 2.67 bits per heavy atom. The van der Waals surface area contributed by atoms with Gasteiger partial charge >= 0.3 is 0 Å². The van der Waals surface area contributed by atoms with Gasteiger partial charge in [0.2, 0.25) is 0 Å². The fraction of sp³-hybridized carbons (Fsp3) is 0.571. The highest BCUT2D eigenvalue weighted by Gasteiger charge is 2.10. The fourth-order valence-corrected chi connectivity index (χ4v) is 2.70. The summed E-state index contributed by atoms with van der Waals surface area (Å²) in [4.78, 5) is 0.382. The van der Waals surface area contributed by atoms with Gasteiger partial charge in [-0.2, -0.15) is 0 Å². The molecule has 2 atom stereocenters. The molecule has 0 aliphatic heterocycles. The van der Waals surface area contributed by atoms with Crippen molar-refractivity contribution < 1.29 is 8.78 Å². The Morgan fingerprint density at radius 1 is 1.28 bits per heavy atom. The third-order valence-electron chi connectivity index (χ3n) is 2.70. The van der Waals surface area contributed by atoms with E-state index in [9.17, 15) is 8.78 Å². The maximum Gasteiger partial charge on any atom is 0.136 e. The third kappa shape index (κ3) is 5.36. The van der Waals surface area contributed by atoms with Crippen molar-refractivity contribution in [1.29, 1.82) is 0 Å². The van der Waals surface area contributed by atoms with Crippen molar-refractivity contribution in [3.63, 3.8) is 0 Å². The zero-order valence-electron chi connectivity index (χ0n) is 11.2. The Hall–Kier alpha value is -0.610. The second-order valence-corrected chi connectivity index (χ2v) is 6.08. The molecule has 0 heterocycles. The molecule has 0 aliphatic rings. The van der Waals surface area contributed by atoms with Crippen molar-refractivity contribution >= 4 is 11.8 Å². The zero-order valence-corrected chi connectivity index (χ0v) is 12.0. The van der Waals surface area contributed by atoms with Crippen LogP contribution in [0, 0.1) is 11.6 Å². The van der Waals surface area contributed by atoms with Crippen LogP contribution in [0.2, 0.25) is 0 Å². The molecule has 1 rings (SSSR count). The number of thioether (sulfide) groups is 1. The summed E-state index contributed by atoms with van der Waals surface area (Å²) in [7, 11) is 0. The average molecular weight is 273 g/mol. The van der Waals surface area contributed by atoms with E-state index in [0.717, 1.165) is 25.5 Å². The van der Waals surface area contributed by atoms with Crippen molar-refractivity contribution in [2.75, 3.05) is 6.54 Å². The summed E-state index contributed by atoms with van der Waals surface area (Å²) >= 11 is 1.37. The molecule has 0 radical (unpaired) electrons. The van der Waals surface area contributed by atoms with E-state index in [1.807, 2.05) is 6.92 Å². The first-order valence-electron chi connectivity index (χ1n) is 6.38. The van der Waals surface area contributed by atoms with Gasteiger partial charge in [0.25, 0.3) is 0 Å². The molecule has 0 saturated carbocycles. The van der Waals surface area contributed by atoms with Crippen molar-refractivity contribution in [2.24, 2.45) is 0 Å². The molecule has 2 unspecified atom stereocenters. The van der Waals surface area contributed by atoms with Crippen LogP contribution in [-0.2, 0) is 0 Å². The molecule has 0 aliphatic carbocycles. The minimum atomic E-state index is -0.390. The highest BCUT2D eigenvalue weighted by atomic mass is 32.2. The third-order valence-corrected chi connectivity index (χ3v) is 3.83. The van der Waals surface area contributed by atoms with Gasteiger partial charge in [0.1, 0.15) is 11.6 Å². The fourth-order valence-electron chi connectivity index (χ4n) is 1.73. The van der Waals surface area contributed by atoms with Gasteiger partial charge in [0.05, 0.1) is 0 Å². The van der Waals surface area contributed by atoms with Crippen LogP contribution in [0.25, 0.3) is 0 Å². The van der Waals surface area contributed by atoms with Crippen molar-refractivity contribution in [3.05, 3.63) is 29.8 Å². The Kier molecular flexibility index (Phi) is 6.65. The highest BCUT2D eigenvalue weighted by Crippen LogP contribution is 2.26. The number of rotatable bonds is 7. The van der Waals surface area contributed by atoms with Crippen molar-refractivity contribution in [1.82, 2.24) is 5.32 Å². The maximum absolute atomic E-state index is 13.4. The number of hydrogen-bond donors (Lipinski definition) is 1. The summed E-state index contributed by atoms with van der Waals surface area (Å²) < 4.78 is 26.5. The highest BCUT2D eigenvalue weighted by molar-refractivity contribution is 8.00. The molecule has 0 bridgehead atoms. The van der Waals surface area contributed by atoms with Crippen LogP contribution in [-0.4, -0.2) is 17.8 Å². The summed E-state index contributed by atoms with van der Waals surface area (Å²) in [5, 5.41) is 3.61. The zero-order chi connectivity index (χ0) is 13.5. The summed E-state index contributed by atoms with van der Waals surface area (Å²) in [6, 6.07) is 4.05. The van der Waals surface area contributed by atoms with Gasteiger partial charge in [0.15, 0.2) is 0 Å². The van der Waals surface area contributed by atoms with Crippen LogP contribution < -0.4 is 5.32 Å². The number of nitrogens with one attached hydrogen (secondary N) is 1. The monoisotopic (exact) mass is 273 g/mol. The summed E-state index contributed by atoms with van der Waals surface area (Å²) in [5.41, 5.74) is 0. The molecule has 0 aromatic heterocycles. The topological polar surface area (TPSA) is 12.0 Å². The molecule has 0 spiro atoms. The molecule has 1 N–H and O–H groups in total. The lowest BCUT2D eigenvalue weighted by Crippen LogP contribution is -2.31. The first-order valence-corrected chi connectivity index (χ1v) is 7.26. The van der Waals surface area contributed by atoms with Gasteiger partial charge in [-0.3, -0.25) is 0 Å². The number of benzene rings is 1. The van der Waals surface area contributed by atoms with Gasteiger partial charge in [-0.15, -0.1) is 11.8 Å². The summed E-state index contributed by atoms with van der Waals surface area (Å²) in [5.74, 6) is -0.742. The Labute approximate surface area is 112 Å². The van der Waals surface area contributed by atoms with E-state index in [1.165, 1.54) is 23.9 Å². The minimum absolute atomic E-state index is 0.209. The average Bonchev–Trinajstić information content (AvgIpc) is 2.32. The standard InChI is InChI=1S/C14H21F2NS/c1-4-5-10(2)17-9-11(3)18-14-8-12(15)6-7-13(14)16/h6-8,10-11,17H,4-5,9H2,1-3H3. The molecule has 1 nitrogen and oxygen atoms in total. The van der Waals surface area contributed by atoms with Gasteiger partial charge in [-0.1, -0.05) is 20.3 Å². The van der Waals surface area contributed by atoms with Crippen LogP contribution in [0.5, 0.6) is 0 Å². The van der Waals surface area contributed by atoms with E-state index in [4.69, 9.17) is 0 Å². The maximum atomic E-state index is 13.4. The normalized spacial score (nSPS) is 14.5. The van der Waals surface area contributed by atoms with E-state index < -0.39 is 5.82 Å². The van der Waals surface area contributed by atoms with Crippen LogP contribution in [0.4, 0.5) is 8.78 Å². The van der Waals surface area contributed by atoms with E-state index in [1.54, 1.807) is 0 Å². The van der Waals surface area contributed by atoms with Gasteiger partial charge in [-0.05, 0) is 31.5 Å². The predicted octanol–water partition coefficient (Wildman–Crippen LogP) is 4.22. The summed E-state index contributed by atoms with van der Waals surface area (Å²) in [6.45, 7) is 7.10. The van der Waals surface area contributed by atoms with E-state index >= 15 is 0 Å². The number of hydrogen-bond acceptors (Lipinski definition) is 2.